The minimum absolute atomic E-state index is 0.195. The monoisotopic (exact) mass is 311 g/mol. The second kappa shape index (κ2) is 5.73. The summed E-state index contributed by atoms with van der Waals surface area (Å²) in [4.78, 5) is 13.1. The number of ketones is 1. The highest BCUT2D eigenvalue weighted by Crippen LogP contribution is 2.35. The molecule has 0 atom stereocenters. The van der Waals surface area contributed by atoms with E-state index < -0.39 is 0 Å². The Hall–Kier alpha value is -1.72. The lowest BCUT2D eigenvalue weighted by molar-refractivity contribution is 0.104. The molecule has 0 aliphatic rings. The van der Waals surface area contributed by atoms with E-state index >= 15 is 0 Å². The number of thiophene rings is 1. The van der Waals surface area contributed by atoms with E-state index in [0.29, 0.717) is 32.0 Å². The summed E-state index contributed by atoms with van der Waals surface area (Å²) in [5.74, 6) is 0.727. The molecular formula is C14H14ClNO3S. The molecule has 2 aromatic rings. The molecule has 0 amide bonds. The molecule has 0 spiro atoms. The largest absolute Gasteiger partial charge is 0.497 e. The molecule has 2 rings (SSSR count). The van der Waals surface area contributed by atoms with Gasteiger partial charge in [-0.3, -0.25) is 4.79 Å². The first kappa shape index (κ1) is 14.7. The van der Waals surface area contributed by atoms with E-state index in [4.69, 9.17) is 26.8 Å². The highest BCUT2D eigenvalue weighted by molar-refractivity contribution is 7.18. The Morgan fingerprint density at radius 3 is 2.45 bits per heavy atom. The van der Waals surface area contributed by atoms with E-state index in [1.807, 2.05) is 6.92 Å². The summed E-state index contributed by atoms with van der Waals surface area (Å²) in [5.41, 5.74) is 7.48. The Bertz CT molecular complexity index is 647. The van der Waals surface area contributed by atoms with Crippen LogP contribution in [-0.2, 0) is 0 Å². The fourth-order valence-corrected chi connectivity index (χ4v) is 2.94. The topological polar surface area (TPSA) is 61.6 Å². The molecule has 4 nitrogen and oxygen atoms in total. The van der Waals surface area contributed by atoms with Crippen LogP contribution in [0.4, 0.5) is 5.69 Å². The Labute approximate surface area is 126 Å². The third-order valence-electron chi connectivity index (χ3n) is 2.90. The number of carbonyl (C=O) groups excluding carboxylic acids is 1. The maximum atomic E-state index is 12.5. The van der Waals surface area contributed by atoms with Crippen molar-refractivity contribution in [1.82, 2.24) is 0 Å². The van der Waals surface area contributed by atoms with Gasteiger partial charge < -0.3 is 15.2 Å². The van der Waals surface area contributed by atoms with Gasteiger partial charge in [0.05, 0.1) is 34.7 Å². The Kier molecular flexibility index (Phi) is 4.20. The standard InChI is InChI=1S/C14H14ClNO3S/c1-7-4-11(20-14(7)15)13(17)9-5-8(18-2)6-10(19-3)12(9)16/h4-6H,16H2,1-3H3. The predicted octanol–water partition coefficient (Wildman–Crippen LogP) is 3.54. The lowest BCUT2D eigenvalue weighted by Crippen LogP contribution is -2.06. The zero-order valence-electron chi connectivity index (χ0n) is 11.3. The van der Waals surface area contributed by atoms with Crippen molar-refractivity contribution in [1.29, 1.82) is 0 Å². The number of benzene rings is 1. The van der Waals surface area contributed by atoms with Crippen LogP contribution in [0.2, 0.25) is 4.34 Å². The molecule has 20 heavy (non-hydrogen) atoms. The van der Waals surface area contributed by atoms with Crippen molar-refractivity contribution < 1.29 is 14.3 Å². The quantitative estimate of drug-likeness (QED) is 0.693. The van der Waals surface area contributed by atoms with Crippen molar-refractivity contribution in [2.24, 2.45) is 0 Å². The number of aryl methyl sites for hydroxylation is 1. The number of halogens is 1. The number of hydrogen-bond donors (Lipinski definition) is 1. The van der Waals surface area contributed by atoms with Crippen molar-refractivity contribution in [3.8, 4) is 11.5 Å². The molecule has 2 N–H and O–H groups in total. The molecule has 0 aliphatic carbocycles. The molecule has 0 unspecified atom stereocenters. The number of nitrogen functional groups attached to an aromatic ring is 1. The fraction of sp³-hybridized carbons (Fsp3) is 0.214. The lowest BCUT2D eigenvalue weighted by atomic mass is 10.1. The maximum absolute atomic E-state index is 12.5. The van der Waals surface area contributed by atoms with Crippen molar-refractivity contribution in [3.63, 3.8) is 0 Å². The van der Waals surface area contributed by atoms with Gasteiger partial charge in [-0.25, -0.2) is 0 Å². The lowest BCUT2D eigenvalue weighted by Gasteiger charge is -2.11. The summed E-state index contributed by atoms with van der Waals surface area (Å²) < 4.78 is 10.9. The zero-order chi connectivity index (χ0) is 14.9. The Morgan fingerprint density at radius 2 is 1.95 bits per heavy atom. The van der Waals surface area contributed by atoms with E-state index in [1.165, 1.54) is 25.6 Å². The average molecular weight is 312 g/mol. The molecule has 1 aromatic heterocycles. The number of nitrogens with two attached hydrogens (primary N) is 1. The minimum atomic E-state index is -0.195. The van der Waals surface area contributed by atoms with E-state index in [9.17, 15) is 4.79 Å². The summed E-state index contributed by atoms with van der Waals surface area (Å²) in [6.07, 6.45) is 0. The van der Waals surface area contributed by atoms with E-state index in [0.717, 1.165) is 5.56 Å². The molecule has 1 heterocycles. The number of rotatable bonds is 4. The summed E-state index contributed by atoms with van der Waals surface area (Å²) in [5, 5.41) is 0. The molecule has 0 bridgehead atoms. The van der Waals surface area contributed by atoms with Gasteiger partial charge >= 0.3 is 0 Å². The van der Waals surface area contributed by atoms with Crippen LogP contribution in [0.15, 0.2) is 18.2 Å². The molecular weight excluding hydrogens is 298 g/mol. The van der Waals surface area contributed by atoms with Gasteiger partial charge in [-0.2, -0.15) is 0 Å². The van der Waals surface area contributed by atoms with Gasteiger partial charge in [0, 0.05) is 6.07 Å². The summed E-state index contributed by atoms with van der Waals surface area (Å²) in [6.45, 7) is 1.85. The molecule has 0 radical (unpaired) electrons. The summed E-state index contributed by atoms with van der Waals surface area (Å²) in [6, 6.07) is 4.99. The van der Waals surface area contributed by atoms with Gasteiger partial charge in [0.2, 0.25) is 5.78 Å². The average Bonchev–Trinajstić information content (AvgIpc) is 2.78. The van der Waals surface area contributed by atoms with Crippen LogP contribution >= 0.6 is 22.9 Å². The molecule has 0 fully saturated rings. The van der Waals surface area contributed by atoms with Gasteiger partial charge in [0.1, 0.15) is 11.5 Å². The van der Waals surface area contributed by atoms with Crippen LogP contribution in [0.5, 0.6) is 11.5 Å². The van der Waals surface area contributed by atoms with Crippen molar-refractivity contribution >= 4 is 34.4 Å². The normalized spacial score (nSPS) is 10.4. The highest BCUT2D eigenvalue weighted by Gasteiger charge is 2.20. The number of anilines is 1. The second-order valence-corrected chi connectivity index (χ2v) is 5.84. The van der Waals surface area contributed by atoms with Crippen molar-refractivity contribution in [2.75, 3.05) is 20.0 Å². The van der Waals surface area contributed by atoms with Crippen LogP contribution in [-0.4, -0.2) is 20.0 Å². The number of methoxy groups -OCH3 is 2. The minimum Gasteiger partial charge on any atom is -0.497 e. The highest BCUT2D eigenvalue weighted by atomic mass is 35.5. The van der Waals surface area contributed by atoms with Crippen molar-refractivity contribution in [2.45, 2.75) is 6.92 Å². The van der Waals surface area contributed by atoms with Crippen molar-refractivity contribution in [3.05, 3.63) is 38.5 Å². The molecule has 6 heteroatoms. The van der Waals surface area contributed by atoms with E-state index in [1.54, 1.807) is 18.2 Å². The van der Waals surface area contributed by atoms with E-state index in [-0.39, 0.29) is 5.78 Å². The third kappa shape index (κ3) is 2.59. The number of carbonyl (C=O) groups is 1. The smallest absolute Gasteiger partial charge is 0.205 e. The molecule has 1 aromatic carbocycles. The molecule has 0 saturated heterocycles. The van der Waals surface area contributed by atoms with Gasteiger partial charge in [-0.05, 0) is 24.6 Å². The number of ether oxygens (including phenoxy) is 2. The van der Waals surface area contributed by atoms with Gasteiger partial charge in [0.25, 0.3) is 0 Å². The van der Waals surface area contributed by atoms with E-state index in [2.05, 4.69) is 0 Å². The van der Waals surface area contributed by atoms with Crippen LogP contribution in [0, 0.1) is 6.92 Å². The maximum Gasteiger partial charge on any atom is 0.205 e. The van der Waals surface area contributed by atoms with Crippen LogP contribution in [0.3, 0.4) is 0 Å². The summed E-state index contributed by atoms with van der Waals surface area (Å²) >= 11 is 7.24. The Balaban J connectivity index is 2.53. The first-order valence-corrected chi connectivity index (χ1v) is 6.99. The predicted molar refractivity (Wildman–Crippen MR) is 81.5 cm³/mol. The molecule has 0 saturated carbocycles. The summed E-state index contributed by atoms with van der Waals surface area (Å²) in [7, 11) is 3.01. The first-order chi connectivity index (χ1) is 9.47. The van der Waals surface area contributed by atoms with Gasteiger partial charge in [-0.1, -0.05) is 11.6 Å². The SMILES string of the molecule is COc1cc(OC)c(N)c(C(=O)c2cc(C)c(Cl)s2)c1. The number of hydrogen-bond acceptors (Lipinski definition) is 5. The van der Waals surface area contributed by atoms with Gasteiger partial charge in [-0.15, -0.1) is 11.3 Å². The molecule has 106 valence electrons. The van der Waals surface area contributed by atoms with Crippen LogP contribution < -0.4 is 15.2 Å². The van der Waals surface area contributed by atoms with Gasteiger partial charge in [0.15, 0.2) is 0 Å². The third-order valence-corrected chi connectivity index (χ3v) is 4.45. The molecule has 0 aliphatic heterocycles. The Morgan fingerprint density at radius 1 is 1.25 bits per heavy atom. The first-order valence-electron chi connectivity index (χ1n) is 5.80. The second-order valence-electron chi connectivity index (χ2n) is 4.19. The van der Waals surface area contributed by atoms with Crippen LogP contribution in [0.25, 0.3) is 0 Å². The zero-order valence-corrected chi connectivity index (χ0v) is 12.9. The van der Waals surface area contributed by atoms with Crippen LogP contribution in [0.1, 0.15) is 20.8 Å². The fourth-order valence-electron chi connectivity index (χ4n) is 1.78.